The minimum absolute atomic E-state index is 0.230. The molecule has 146 valence electrons. The van der Waals surface area contributed by atoms with Gasteiger partial charge in [0.2, 0.25) is 0 Å². The van der Waals surface area contributed by atoms with Crippen molar-refractivity contribution in [2.75, 3.05) is 11.9 Å². The molecule has 1 heterocycles. The maximum atomic E-state index is 13.3. The molecule has 0 radical (unpaired) electrons. The van der Waals surface area contributed by atoms with E-state index in [2.05, 4.69) is 30.3 Å². The molecule has 0 amide bonds. The molecule has 1 aromatic rings. The van der Waals surface area contributed by atoms with Crippen molar-refractivity contribution in [1.29, 1.82) is 5.41 Å². The number of hydrogen-bond acceptors (Lipinski definition) is 4. The van der Waals surface area contributed by atoms with Gasteiger partial charge in [0.05, 0.1) is 0 Å². The molecule has 1 atom stereocenters. The van der Waals surface area contributed by atoms with Crippen molar-refractivity contribution in [1.82, 2.24) is 5.32 Å². The maximum Gasteiger partial charge on any atom is 0.255 e. The van der Waals surface area contributed by atoms with Crippen LogP contribution in [0.4, 0.5) is 14.5 Å². The van der Waals surface area contributed by atoms with Gasteiger partial charge in [0.1, 0.15) is 11.9 Å². The summed E-state index contributed by atoms with van der Waals surface area (Å²) in [5, 5.41) is 11.2. The third kappa shape index (κ3) is 3.66. The summed E-state index contributed by atoms with van der Waals surface area (Å²) in [7, 11) is 2.06. The summed E-state index contributed by atoms with van der Waals surface area (Å²) in [5.41, 5.74) is 3.71. The number of nitrogens with zero attached hydrogens (tertiary/aromatic N) is 1. The zero-order valence-electron chi connectivity index (χ0n) is 15.9. The van der Waals surface area contributed by atoms with Gasteiger partial charge in [0.15, 0.2) is 0 Å². The summed E-state index contributed by atoms with van der Waals surface area (Å²) >= 11 is 0. The highest BCUT2D eigenvalue weighted by Crippen LogP contribution is 2.45. The van der Waals surface area contributed by atoms with Crippen LogP contribution >= 0.6 is 0 Å². The van der Waals surface area contributed by atoms with Gasteiger partial charge in [-0.1, -0.05) is 0 Å². The Kier molecular flexibility index (Phi) is 4.60. The molecule has 0 spiro atoms. The third-order valence-electron chi connectivity index (χ3n) is 5.94. The van der Waals surface area contributed by atoms with Crippen LogP contribution in [0, 0.1) is 5.41 Å². The average molecular weight is 375 g/mol. The molecular weight excluding hydrogens is 348 g/mol. The van der Waals surface area contributed by atoms with E-state index >= 15 is 0 Å². The highest BCUT2D eigenvalue weighted by Gasteiger charge is 2.47. The van der Waals surface area contributed by atoms with E-state index in [0.717, 1.165) is 48.1 Å². The molecule has 0 aromatic heterocycles. The molecule has 1 aliphatic heterocycles. The number of allylic oxidation sites excluding steroid dienone is 1. The molecule has 0 bridgehead atoms. The molecule has 4 rings (SSSR count). The number of nitrogens with one attached hydrogen (secondary N) is 2. The highest BCUT2D eigenvalue weighted by atomic mass is 19.3. The molecule has 1 unspecified atom stereocenters. The van der Waals surface area contributed by atoms with Crippen LogP contribution < -0.4 is 15.0 Å². The Bertz CT molecular complexity index is 765. The number of rotatable bonds is 6. The van der Waals surface area contributed by atoms with Gasteiger partial charge in [-0.3, -0.25) is 0 Å². The van der Waals surface area contributed by atoms with Crippen LogP contribution in [-0.4, -0.2) is 37.4 Å². The van der Waals surface area contributed by atoms with E-state index in [4.69, 9.17) is 10.1 Å². The van der Waals surface area contributed by atoms with Crippen LogP contribution in [0.3, 0.4) is 0 Å². The van der Waals surface area contributed by atoms with E-state index in [0.29, 0.717) is 17.8 Å². The SMILES string of the molecule is CC1CCc2c(ccc(/C(C=N)=C/NC3CC3)c2OC2CC(F)(F)C2)N1C. The third-order valence-corrected chi connectivity index (χ3v) is 5.94. The van der Waals surface area contributed by atoms with Gasteiger partial charge in [-0.05, 0) is 44.7 Å². The molecule has 3 aliphatic rings. The number of ether oxygens (including phenoxy) is 1. The quantitative estimate of drug-likeness (QED) is 0.726. The lowest BCUT2D eigenvalue weighted by Crippen LogP contribution is -2.43. The molecule has 2 aliphatic carbocycles. The molecule has 6 heteroatoms. The predicted octanol–water partition coefficient (Wildman–Crippen LogP) is 4.38. The van der Waals surface area contributed by atoms with Crippen LogP contribution in [0.5, 0.6) is 5.75 Å². The summed E-state index contributed by atoms with van der Waals surface area (Å²) in [6.07, 6.45) is 6.40. The first kappa shape index (κ1) is 18.3. The van der Waals surface area contributed by atoms with Crippen molar-refractivity contribution in [2.45, 2.75) is 69.6 Å². The summed E-state index contributed by atoms with van der Waals surface area (Å²) in [4.78, 5) is 2.22. The molecule has 2 N–H and O–H groups in total. The van der Waals surface area contributed by atoms with E-state index in [9.17, 15) is 8.78 Å². The number of hydrogen-bond donors (Lipinski definition) is 2. The number of fused-ring (bicyclic) bond motifs is 1. The van der Waals surface area contributed by atoms with Gasteiger partial charge in [0, 0.05) is 66.8 Å². The largest absolute Gasteiger partial charge is 0.489 e. The Hall–Kier alpha value is -2.11. The lowest BCUT2D eigenvalue weighted by molar-refractivity contribution is -0.134. The Labute approximate surface area is 159 Å². The van der Waals surface area contributed by atoms with Crippen LogP contribution in [-0.2, 0) is 6.42 Å². The van der Waals surface area contributed by atoms with Gasteiger partial charge in [-0.15, -0.1) is 0 Å². The minimum atomic E-state index is -2.61. The molecule has 1 aromatic carbocycles. The zero-order valence-corrected chi connectivity index (χ0v) is 15.9. The first-order chi connectivity index (χ1) is 12.9. The molecular formula is C21H27F2N3O. The molecule has 0 saturated heterocycles. The number of alkyl halides is 2. The molecule has 27 heavy (non-hydrogen) atoms. The van der Waals surface area contributed by atoms with E-state index in [1.807, 2.05) is 12.3 Å². The van der Waals surface area contributed by atoms with Crippen molar-refractivity contribution >= 4 is 17.5 Å². The van der Waals surface area contributed by atoms with Gasteiger partial charge in [0.25, 0.3) is 5.92 Å². The van der Waals surface area contributed by atoms with Gasteiger partial charge < -0.3 is 20.4 Å². The molecule has 2 saturated carbocycles. The Balaban J connectivity index is 1.71. The second-order valence-corrected chi connectivity index (χ2v) is 8.13. The molecule has 2 fully saturated rings. The van der Waals surface area contributed by atoms with Gasteiger partial charge in [-0.25, -0.2) is 8.78 Å². The predicted molar refractivity (Wildman–Crippen MR) is 104 cm³/mol. The van der Waals surface area contributed by atoms with Gasteiger partial charge >= 0.3 is 0 Å². The van der Waals surface area contributed by atoms with Crippen molar-refractivity contribution in [3.8, 4) is 5.75 Å². The summed E-state index contributed by atoms with van der Waals surface area (Å²) in [6.45, 7) is 2.19. The average Bonchev–Trinajstić information content (AvgIpc) is 3.42. The summed E-state index contributed by atoms with van der Waals surface area (Å²) in [6, 6.07) is 4.94. The zero-order chi connectivity index (χ0) is 19.2. The summed E-state index contributed by atoms with van der Waals surface area (Å²) in [5.74, 6) is -1.93. The van der Waals surface area contributed by atoms with Crippen LogP contribution in [0.25, 0.3) is 5.57 Å². The Morgan fingerprint density at radius 3 is 2.67 bits per heavy atom. The fourth-order valence-electron chi connectivity index (χ4n) is 3.85. The summed E-state index contributed by atoms with van der Waals surface area (Å²) < 4.78 is 32.8. The lowest BCUT2D eigenvalue weighted by atomic mass is 9.89. The van der Waals surface area contributed by atoms with E-state index in [1.54, 1.807) is 0 Å². The standard InChI is InChI=1S/C21H27F2N3O/c1-13-3-6-18-19(26(13)2)8-7-17(14(11-24)12-25-15-4-5-15)20(18)27-16-9-21(22,23)10-16/h7-8,11-13,15-16,24-25H,3-6,9-10H2,1-2H3/b14-12+,24-11?. The van der Waals surface area contributed by atoms with Gasteiger partial charge in [-0.2, -0.15) is 0 Å². The Morgan fingerprint density at radius 2 is 2.04 bits per heavy atom. The normalized spacial score (nSPS) is 24.8. The monoisotopic (exact) mass is 375 g/mol. The van der Waals surface area contributed by atoms with E-state index in [1.165, 1.54) is 6.21 Å². The number of halogens is 2. The van der Waals surface area contributed by atoms with E-state index < -0.39 is 12.0 Å². The highest BCUT2D eigenvalue weighted by molar-refractivity contribution is 6.09. The van der Waals surface area contributed by atoms with Crippen molar-refractivity contribution < 1.29 is 13.5 Å². The van der Waals surface area contributed by atoms with Crippen LogP contribution in [0.15, 0.2) is 18.3 Å². The first-order valence-electron chi connectivity index (χ1n) is 9.78. The number of anilines is 1. The second kappa shape index (κ2) is 6.80. The topological polar surface area (TPSA) is 48.4 Å². The molecule has 4 nitrogen and oxygen atoms in total. The van der Waals surface area contributed by atoms with Crippen LogP contribution in [0.2, 0.25) is 0 Å². The van der Waals surface area contributed by atoms with Crippen molar-refractivity contribution in [3.05, 3.63) is 29.5 Å². The smallest absolute Gasteiger partial charge is 0.255 e. The fraction of sp³-hybridized carbons (Fsp3) is 0.571. The first-order valence-corrected chi connectivity index (χ1v) is 9.78. The van der Waals surface area contributed by atoms with E-state index in [-0.39, 0.29) is 12.8 Å². The lowest BCUT2D eigenvalue weighted by Gasteiger charge is -2.39. The Morgan fingerprint density at radius 1 is 1.30 bits per heavy atom. The number of benzene rings is 1. The van der Waals surface area contributed by atoms with Crippen molar-refractivity contribution in [2.24, 2.45) is 0 Å². The van der Waals surface area contributed by atoms with Crippen molar-refractivity contribution in [3.63, 3.8) is 0 Å². The fourth-order valence-corrected chi connectivity index (χ4v) is 3.85. The second-order valence-electron chi connectivity index (χ2n) is 8.13. The van der Waals surface area contributed by atoms with Crippen LogP contribution in [0.1, 0.15) is 50.2 Å². The maximum absolute atomic E-state index is 13.3. The minimum Gasteiger partial charge on any atom is -0.489 e.